The molecule has 1 saturated heterocycles. The third kappa shape index (κ3) is 11.9. The van der Waals surface area contributed by atoms with Gasteiger partial charge in [0.2, 0.25) is 0 Å². The van der Waals surface area contributed by atoms with Crippen molar-refractivity contribution >= 4 is 0 Å². The lowest BCUT2D eigenvalue weighted by molar-refractivity contribution is -0.0813. The Morgan fingerprint density at radius 2 is 1.41 bits per heavy atom. The predicted octanol–water partition coefficient (Wildman–Crippen LogP) is 3.74. The highest BCUT2D eigenvalue weighted by Gasteiger charge is 2.39. The van der Waals surface area contributed by atoms with E-state index in [-0.39, 0.29) is 13.2 Å². The molecule has 4 atom stereocenters. The predicted molar refractivity (Wildman–Crippen MR) is 109 cm³/mol. The van der Waals surface area contributed by atoms with Gasteiger partial charge in [0.25, 0.3) is 0 Å². The SMILES string of the molecule is C=CCCCCCCCCCCCCCCOC[C@H](O)[C@H]1OC[C@@H](O)[C@H]1O. The second-order valence-electron chi connectivity index (χ2n) is 7.82. The first-order valence-corrected chi connectivity index (χ1v) is 11.0. The van der Waals surface area contributed by atoms with Gasteiger partial charge in [-0.15, -0.1) is 6.58 Å². The summed E-state index contributed by atoms with van der Waals surface area (Å²) in [6.45, 7) is 4.58. The number of unbranched alkanes of at least 4 members (excludes halogenated alkanes) is 12. The van der Waals surface area contributed by atoms with Gasteiger partial charge in [-0.1, -0.05) is 70.3 Å². The van der Waals surface area contributed by atoms with E-state index in [1.165, 1.54) is 64.2 Å². The van der Waals surface area contributed by atoms with E-state index in [2.05, 4.69) is 6.58 Å². The molecule has 0 spiro atoms. The Morgan fingerprint density at radius 1 is 0.889 bits per heavy atom. The van der Waals surface area contributed by atoms with Crippen molar-refractivity contribution in [3.63, 3.8) is 0 Å². The summed E-state index contributed by atoms with van der Waals surface area (Å²) in [5.74, 6) is 0. The molecule has 160 valence electrons. The lowest BCUT2D eigenvalue weighted by Gasteiger charge is -2.20. The number of rotatable bonds is 18. The second-order valence-corrected chi connectivity index (χ2v) is 7.82. The summed E-state index contributed by atoms with van der Waals surface area (Å²) in [6, 6.07) is 0. The van der Waals surface area contributed by atoms with Crippen LogP contribution in [-0.2, 0) is 9.47 Å². The molecule has 5 heteroatoms. The molecule has 1 rings (SSSR count). The topological polar surface area (TPSA) is 79.2 Å². The largest absolute Gasteiger partial charge is 0.388 e. The molecular weight excluding hydrogens is 344 g/mol. The number of hydrogen-bond donors (Lipinski definition) is 3. The Morgan fingerprint density at radius 3 is 1.89 bits per heavy atom. The molecule has 0 unspecified atom stereocenters. The van der Waals surface area contributed by atoms with Gasteiger partial charge >= 0.3 is 0 Å². The molecule has 0 radical (unpaired) electrons. The molecule has 0 saturated carbocycles. The molecule has 1 aliphatic rings. The molecule has 5 nitrogen and oxygen atoms in total. The second kappa shape index (κ2) is 16.5. The maximum atomic E-state index is 9.93. The Bertz CT molecular complexity index is 350. The van der Waals surface area contributed by atoms with E-state index in [4.69, 9.17) is 9.47 Å². The molecule has 1 heterocycles. The minimum Gasteiger partial charge on any atom is -0.388 e. The number of hydrogen-bond acceptors (Lipinski definition) is 5. The van der Waals surface area contributed by atoms with E-state index in [0.29, 0.717) is 6.61 Å². The van der Waals surface area contributed by atoms with E-state index >= 15 is 0 Å². The quantitative estimate of drug-likeness (QED) is 0.247. The molecular formula is C22H42O5. The zero-order valence-electron chi connectivity index (χ0n) is 17.1. The third-order valence-electron chi connectivity index (χ3n) is 5.31. The Balaban J connectivity index is 1.77. The molecule has 0 aromatic carbocycles. The molecule has 0 aliphatic carbocycles. The van der Waals surface area contributed by atoms with Crippen molar-refractivity contribution in [2.45, 2.75) is 108 Å². The Labute approximate surface area is 165 Å². The van der Waals surface area contributed by atoms with Crippen molar-refractivity contribution in [2.24, 2.45) is 0 Å². The van der Waals surface area contributed by atoms with Gasteiger partial charge in [-0.2, -0.15) is 0 Å². The van der Waals surface area contributed by atoms with Crippen LogP contribution < -0.4 is 0 Å². The number of ether oxygens (including phenoxy) is 2. The van der Waals surface area contributed by atoms with E-state index in [1.54, 1.807) is 0 Å². The zero-order chi connectivity index (χ0) is 19.7. The highest BCUT2D eigenvalue weighted by atomic mass is 16.5. The first-order chi connectivity index (χ1) is 13.2. The average molecular weight is 387 g/mol. The van der Waals surface area contributed by atoms with Crippen LogP contribution in [0.1, 0.15) is 83.5 Å². The van der Waals surface area contributed by atoms with Gasteiger partial charge in [0.15, 0.2) is 0 Å². The van der Waals surface area contributed by atoms with Crippen LogP contribution in [0, 0.1) is 0 Å². The van der Waals surface area contributed by atoms with Crippen molar-refractivity contribution < 1.29 is 24.8 Å². The van der Waals surface area contributed by atoms with Crippen LogP contribution in [0.15, 0.2) is 12.7 Å². The summed E-state index contributed by atoms with van der Waals surface area (Å²) in [4.78, 5) is 0. The average Bonchev–Trinajstić information content (AvgIpc) is 3.00. The van der Waals surface area contributed by atoms with Crippen LogP contribution in [0.2, 0.25) is 0 Å². The van der Waals surface area contributed by atoms with E-state index < -0.39 is 24.4 Å². The fraction of sp³-hybridized carbons (Fsp3) is 0.909. The molecule has 0 aromatic heterocycles. The van der Waals surface area contributed by atoms with Gasteiger partial charge in [-0.25, -0.2) is 0 Å². The summed E-state index contributed by atoms with van der Waals surface area (Å²) in [5.41, 5.74) is 0. The van der Waals surface area contributed by atoms with Crippen molar-refractivity contribution in [2.75, 3.05) is 19.8 Å². The smallest absolute Gasteiger partial charge is 0.114 e. The van der Waals surface area contributed by atoms with Crippen molar-refractivity contribution in [3.05, 3.63) is 12.7 Å². The van der Waals surface area contributed by atoms with Crippen LogP contribution in [0.3, 0.4) is 0 Å². The summed E-state index contributed by atoms with van der Waals surface area (Å²) in [5, 5.41) is 29.0. The molecule has 1 aliphatic heterocycles. The van der Waals surface area contributed by atoms with E-state index in [9.17, 15) is 15.3 Å². The third-order valence-corrected chi connectivity index (χ3v) is 5.31. The standard InChI is InChI=1S/C22H42O5/c1-2-3-4-5-6-7-8-9-10-11-12-13-14-15-16-26-17-20(24)22-21(25)19(23)18-27-22/h2,19-25H,1,3-18H2/t19-,20+,21-,22-/m1/s1. The van der Waals surface area contributed by atoms with Gasteiger partial charge in [0.1, 0.15) is 24.4 Å². The number of aliphatic hydroxyl groups excluding tert-OH is 3. The molecule has 3 N–H and O–H groups in total. The van der Waals surface area contributed by atoms with Crippen LogP contribution >= 0.6 is 0 Å². The van der Waals surface area contributed by atoms with E-state index in [1.807, 2.05) is 6.08 Å². The summed E-state index contributed by atoms with van der Waals surface area (Å²) < 4.78 is 10.7. The summed E-state index contributed by atoms with van der Waals surface area (Å²) in [7, 11) is 0. The Hall–Kier alpha value is -0.460. The highest BCUT2D eigenvalue weighted by molar-refractivity contribution is 4.87. The first-order valence-electron chi connectivity index (χ1n) is 11.0. The van der Waals surface area contributed by atoms with Gasteiger partial charge < -0.3 is 24.8 Å². The van der Waals surface area contributed by atoms with Crippen LogP contribution in [0.5, 0.6) is 0 Å². The normalized spacial score (nSPS) is 23.6. The van der Waals surface area contributed by atoms with Crippen LogP contribution in [0.4, 0.5) is 0 Å². The van der Waals surface area contributed by atoms with Gasteiger partial charge in [-0.05, 0) is 19.3 Å². The lowest BCUT2D eigenvalue weighted by atomic mass is 10.0. The van der Waals surface area contributed by atoms with Crippen LogP contribution in [0.25, 0.3) is 0 Å². The van der Waals surface area contributed by atoms with E-state index in [0.717, 1.165) is 19.3 Å². The molecule has 0 amide bonds. The lowest BCUT2D eigenvalue weighted by Crippen LogP contribution is -2.40. The molecule has 0 aromatic rings. The first kappa shape index (κ1) is 24.6. The van der Waals surface area contributed by atoms with Crippen molar-refractivity contribution in [3.8, 4) is 0 Å². The minimum atomic E-state index is -1.03. The maximum absolute atomic E-state index is 9.93. The highest BCUT2D eigenvalue weighted by Crippen LogP contribution is 2.18. The van der Waals surface area contributed by atoms with Crippen molar-refractivity contribution in [1.29, 1.82) is 0 Å². The fourth-order valence-corrected chi connectivity index (χ4v) is 3.52. The van der Waals surface area contributed by atoms with Gasteiger partial charge in [-0.3, -0.25) is 0 Å². The van der Waals surface area contributed by atoms with Gasteiger partial charge in [0.05, 0.1) is 13.2 Å². The zero-order valence-corrected chi connectivity index (χ0v) is 17.1. The molecule has 27 heavy (non-hydrogen) atoms. The minimum absolute atomic E-state index is 0.0681. The Kier molecular flexibility index (Phi) is 15.0. The maximum Gasteiger partial charge on any atom is 0.114 e. The molecule has 0 bridgehead atoms. The van der Waals surface area contributed by atoms with Crippen molar-refractivity contribution in [1.82, 2.24) is 0 Å². The summed E-state index contributed by atoms with van der Waals surface area (Å²) in [6.07, 6.45) is 15.1. The summed E-state index contributed by atoms with van der Waals surface area (Å²) >= 11 is 0. The number of allylic oxidation sites excluding steroid dienone is 1. The number of aliphatic hydroxyl groups is 3. The van der Waals surface area contributed by atoms with Crippen LogP contribution in [-0.4, -0.2) is 59.6 Å². The molecule has 1 fully saturated rings. The van der Waals surface area contributed by atoms with Gasteiger partial charge in [0, 0.05) is 6.61 Å². The monoisotopic (exact) mass is 386 g/mol. The fourth-order valence-electron chi connectivity index (χ4n) is 3.52.